The molecule has 0 amide bonds. The van der Waals surface area contributed by atoms with E-state index >= 15 is 0 Å². The smallest absolute Gasteiger partial charge is 0.243 e. The van der Waals surface area contributed by atoms with Gasteiger partial charge in [0.15, 0.2) is 5.78 Å². The standard InChI is InChI=1S/C6H11N2.C3H4O3/c1-3-8-5-4-7(2)6-8;1-2(4)3(5)6/h4-6H,3H2,1-2H3;1H3,(H,5,6)/q+1;/p-1. The molecule has 1 rings (SSSR count). The molecule has 5 nitrogen and oxygen atoms in total. The van der Waals surface area contributed by atoms with Gasteiger partial charge in [-0.2, -0.15) is 0 Å². The zero-order valence-electron chi connectivity index (χ0n) is 8.56. The average molecular weight is 198 g/mol. The van der Waals surface area contributed by atoms with Gasteiger partial charge in [-0.05, 0) is 6.92 Å². The molecule has 0 atom stereocenters. The molecule has 0 bridgehead atoms. The third-order valence-electron chi connectivity index (χ3n) is 1.48. The van der Waals surface area contributed by atoms with Crippen LogP contribution in [0.3, 0.4) is 0 Å². The van der Waals surface area contributed by atoms with E-state index in [1.807, 2.05) is 17.8 Å². The van der Waals surface area contributed by atoms with Crippen molar-refractivity contribution < 1.29 is 19.3 Å². The van der Waals surface area contributed by atoms with Gasteiger partial charge in [0.05, 0.1) is 13.6 Å². The largest absolute Gasteiger partial charge is 0.542 e. The first-order chi connectivity index (χ1) is 6.47. The van der Waals surface area contributed by atoms with E-state index < -0.39 is 11.8 Å². The number of Topliss-reactive ketones (excluding diaryl/α,β-unsaturated/α-hetero) is 1. The summed E-state index contributed by atoms with van der Waals surface area (Å²) in [5.41, 5.74) is 0. The highest BCUT2D eigenvalue weighted by Gasteiger charge is 1.92. The minimum Gasteiger partial charge on any atom is -0.542 e. The summed E-state index contributed by atoms with van der Waals surface area (Å²) in [5.74, 6) is -2.56. The molecule has 0 aliphatic heterocycles. The molecule has 0 saturated carbocycles. The van der Waals surface area contributed by atoms with Crippen molar-refractivity contribution in [1.29, 1.82) is 0 Å². The number of carboxylic acids is 1. The number of hydrogen-bond donors (Lipinski definition) is 0. The van der Waals surface area contributed by atoms with Gasteiger partial charge in [-0.3, -0.25) is 4.79 Å². The van der Waals surface area contributed by atoms with Crippen LogP contribution in [0.1, 0.15) is 13.8 Å². The van der Waals surface area contributed by atoms with E-state index in [0.29, 0.717) is 0 Å². The number of carboxylic acid groups (broad SMARTS) is 1. The molecule has 0 radical (unpaired) electrons. The Labute approximate surface area is 82.6 Å². The first-order valence-electron chi connectivity index (χ1n) is 4.20. The van der Waals surface area contributed by atoms with Crippen molar-refractivity contribution in [2.45, 2.75) is 20.4 Å². The van der Waals surface area contributed by atoms with Crippen LogP contribution in [0.15, 0.2) is 18.7 Å². The molecule has 0 spiro atoms. The quantitative estimate of drug-likeness (QED) is 0.436. The molecule has 1 heterocycles. The van der Waals surface area contributed by atoms with Crippen LogP contribution in [0.4, 0.5) is 0 Å². The van der Waals surface area contributed by atoms with E-state index in [9.17, 15) is 14.7 Å². The molecule has 0 saturated heterocycles. The van der Waals surface area contributed by atoms with Gasteiger partial charge < -0.3 is 9.90 Å². The third kappa shape index (κ3) is 5.08. The minimum absolute atomic E-state index is 0.935. The molecular formula is C9H14N2O3. The first-order valence-corrected chi connectivity index (χ1v) is 4.20. The molecule has 0 fully saturated rings. The van der Waals surface area contributed by atoms with E-state index in [4.69, 9.17) is 0 Å². The summed E-state index contributed by atoms with van der Waals surface area (Å²) in [6.45, 7) is 4.12. The minimum atomic E-state index is -1.63. The molecule has 78 valence electrons. The molecule has 0 aromatic carbocycles. The predicted molar refractivity (Wildman–Crippen MR) is 47.0 cm³/mol. The van der Waals surface area contributed by atoms with Gasteiger partial charge in [0.1, 0.15) is 18.4 Å². The zero-order chi connectivity index (χ0) is 11.1. The number of carbonyl (C=O) groups excluding carboxylic acids is 2. The number of aromatic nitrogens is 2. The Hall–Kier alpha value is -1.65. The summed E-state index contributed by atoms with van der Waals surface area (Å²) in [6, 6.07) is 0. The molecule has 0 N–H and O–H groups in total. The fourth-order valence-corrected chi connectivity index (χ4v) is 0.689. The lowest BCUT2D eigenvalue weighted by molar-refractivity contribution is -0.671. The van der Waals surface area contributed by atoms with Gasteiger partial charge in [-0.15, -0.1) is 0 Å². The Morgan fingerprint density at radius 1 is 1.50 bits per heavy atom. The highest BCUT2D eigenvalue weighted by Crippen LogP contribution is 1.79. The third-order valence-corrected chi connectivity index (χ3v) is 1.48. The number of hydrogen-bond acceptors (Lipinski definition) is 3. The van der Waals surface area contributed by atoms with E-state index in [2.05, 4.69) is 24.0 Å². The van der Waals surface area contributed by atoms with E-state index in [1.165, 1.54) is 0 Å². The van der Waals surface area contributed by atoms with Crippen LogP contribution in [0.25, 0.3) is 0 Å². The van der Waals surface area contributed by atoms with Crippen molar-refractivity contribution in [3.63, 3.8) is 0 Å². The molecule has 0 aliphatic rings. The van der Waals surface area contributed by atoms with Crippen LogP contribution >= 0.6 is 0 Å². The van der Waals surface area contributed by atoms with Gasteiger partial charge in [-0.1, -0.05) is 0 Å². The van der Waals surface area contributed by atoms with Crippen molar-refractivity contribution in [2.24, 2.45) is 7.05 Å². The van der Waals surface area contributed by atoms with Crippen LogP contribution in [-0.4, -0.2) is 16.3 Å². The number of ketones is 1. The number of rotatable bonds is 2. The summed E-state index contributed by atoms with van der Waals surface area (Å²) < 4.78 is 4.16. The van der Waals surface area contributed by atoms with Crippen molar-refractivity contribution in [1.82, 2.24) is 4.57 Å². The average Bonchev–Trinajstić information content (AvgIpc) is 2.52. The molecule has 1 aromatic rings. The summed E-state index contributed by atoms with van der Waals surface area (Å²) in [6.07, 6.45) is 6.14. The van der Waals surface area contributed by atoms with Crippen LogP contribution < -0.4 is 9.67 Å². The lowest BCUT2D eigenvalue weighted by atomic mass is 10.5. The Morgan fingerprint density at radius 2 is 2.00 bits per heavy atom. The van der Waals surface area contributed by atoms with Crippen LogP contribution in [0.5, 0.6) is 0 Å². The maximum atomic E-state index is 9.48. The van der Waals surface area contributed by atoms with Crippen molar-refractivity contribution in [3.8, 4) is 0 Å². The summed E-state index contributed by atoms with van der Waals surface area (Å²) in [7, 11) is 2.02. The second-order valence-corrected chi connectivity index (χ2v) is 2.75. The monoisotopic (exact) mass is 198 g/mol. The second-order valence-electron chi connectivity index (χ2n) is 2.75. The van der Waals surface area contributed by atoms with Gasteiger partial charge in [-0.25, -0.2) is 9.13 Å². The highest BCUT2D eigenvalue weighted by atomic mass is 16.4. The Morgan fingerprint density at radius 3 is 2.14 bits per heavy atom. The number of aliphatic carboxylic acids is 1. The van der Waals surface area contributed by atoms with Crippen molar-refractivity contribution in [2.75, 3.05) is 0 Å². The molecule has 0 unspecified atom stereocenters. The summed E-state index contributed by atoms with van der Waals surface area (Å²) in [4.78, 5) is 18.7. The maximum Gasteiger partial charge on any atom is 0.243 e. The Kier molecular flexibility index (Phi) is 5.21. The van der Waals surface area contributed by atoms with Gasteiger partial charge >= 0.3 is 0 Å². The van der Waals surface area contributed by atoms with Gasteiger partial charge in [0, 0.05) is 6.92 Å². The topological polar surface area (TPSA) is 66.0 Å². The molecule has 5 heteroatoms. The number of carbonyl (C=O) groups is 2. The SMILES string of the molecule is CC(=O)C(=O)[O-].CCn1cc[n+](C)c1. The molecule has 0 aliphatic carbocycles. The summed E-state index contributed by atoms with van der Waals surface area (Å²) >= 11 is 0. The first kappa shape index (κ1) is 12.3. The van der Waals surface area contributed by atoms with Crippen molar-refractivity contribution >= 4 is 11.8 Å². The van der Waals surface area contributed by atoms with Crippen LogP contribution in [0, 0.1) is 0 Å². The van der Waals surface area contributed by atoms with E-state index in [1.54, 1.807) is 0 Å². The molecule has 1 aromatic heterocycles. The number of nitrogens with zero attached hydrogens (tertiary/aromatic N) is 2. The number of imidazole rings is 1. The van der Waals surface area contributed by atoms with E-state index in [0.717, 1.165) is 13.5 Å². The van der Waals surface area contributed by atoms with Gasteiger partial charge in [0.25, 0.3) is 0 Å². The Bertz CT molecular complexity index is 306. The van der Waals surface area contributed by atoms with Crippen molar-refractivity contribution in [3.05, 3.63) is 18.7 Å². The highest BCUT2D eigenvalue weighted by molar-refractivity contribution is 6.30. The molecular weight excluding hydrogens is 184 g/mol. The van der Waals surface area contributed by atoms with Crippen LogP contribution in [0.2, 0.25) is 0 Å². The fourth-order valence-electron chi connectivity index (χ4n) is 0.689. The fraction of sp³-hybridized carbons (Fsp3) is 0.444. The van der Waals surface area contributed by atoms with Crippen LogP contribution in [-0.2, 0) is 23.2 Å². The Balaban J connectivity index is 0.000000255. The molecule has 14 heavy (non-hydrogen) atoms. The lowest BCUT2D eigenvalue weighted by Gasteiger charge is -1.87. The maximum absolute atomic E-state index is 9.48. The number of aryl methyl sites for hydroxylation is 2. The summed E-state index contributed by atoms with van der Waals surface area (Å²) in [5, 5.41) is 9.24. The van der Waals surface area contributed by atoms with E-state index in [-0.39, 0.29) is 0 Å². The second kappa shape index (κ2) is 5.90. The normalized spacial score (nSPS) is 8.79. The lowest BCUT2D eigenvalue weighted by Crippen LogP contribution is -2.29. The zero-order valence-corrected chi connectivity index (χ0v) is 8.56. The predicted octanol–water partition coefficient (Wildman–Crippen LogP) is -1.34. The van der Waals surface area contributed by atoms with Gasteiger partial charge in [0.2, 0.25) is 6.33 Å².